The predicted molar refractivity (Wildman–Crippen MR) is 130 cm³/mol. The molecular weight excluding hydrogens is 382 g/mol. The van der Waals surface area contributed by atoms with Crippen LogP contribution in [0.1, 0.15) is 55.7 Å². The first kappa shape index (κ1) is 21.6. The van der Waals surface area contributed by atoms with E-state index in [0.29, 0.717) is 5.92 Å². The molecule has 2 N–H and O–H groups in total. The normalized spacial score (nSPS) is 15.6. The molecule has 0 aliphatic carbocycles. The summed E-state index contributed by atoms with van der Waals surface area (Å²) in [6, 6.07) is 15.0. The summed E-state index contributed by atoms with van der Waals surface area (Å²) in [5.74, 6) is 0.668. The lowest BCUT2D eigenvalue weighted by atomic mass is 9.89. The number of fused-ring (bicyclic) bond motifs is 1. The van der Waals surface area contributed by atoms with Crippen molar-refractivity contribution in [2.45, 2.75) is 52.4 Å². The van der Waals surface area contributed by atoms with Gasteiger partial charge in [0, 0.05) is 28.7 Å². The number of amides is 1. The first-order valence-electron chi connectivity index (χ1n) is 11.7. The zero-order chi connectivity index (χ0) is 21.8. The molecule has 2 heterocycles. The minimum atomic E-state index is 0.000162. The van der Waals surface area contributed by atoms with Gasteiger partial charge >= 0.3 is 0 Å². The number of hydrogen-bond donors (Lipinski definition) is 2. The number of H-pyrrole nitrogens is 1. The van der Waals surface area contributed by atoms with Crippen molar-refractivity contribution in [3.05, 3.63) is 65.4 Å². The standard InChI is InChI=1S/C27H35N3O/c1-19(2)27(31)29-24-10-5-8-22(17-24)21-12-15-30(16-13-21)14-6-9-23-18-28-26-20(3)7-4-11-25(23)26/h4-5,7-8,10-11,17-19,21,28H,6,9,12-16H2,1-3H3,(H,29,31). The molecule has 4 heteroatoms. The van der Waals surface area contributed by atoms with E-state index in [9.17, 15) is 4.79 Å². The fourth-order valence-electron chi connectivity index (χ4n) is 4.71. The van der Waals surface area contributed by atoms with Crippen LogP contribution in [0.15, 0.2) is 48.7 Å². The Morgan fingerprint density at radius 1 is 1.16 bits per heavy atom. The molecule has 0 spiro atoms. The summed E-state index contributed by atoms with van der Waals surface area (Å²) < 4.78 is 0. The van der Waals surface area contributed by atoms with Gasteiger partial charge in [-0.15, -0.1) is 0 Å². The number of para-hydroxylation sites is 1. The van der Waals surface area contributed by atoms with E-state index in [1.165, 1.54) is 46.9 Å². The first-order chi connectivity index (χ1) is 15.0. The third-order valence-electron chi connectivity index (χ3n) is 6.67. The van der Waals surface area contributed by atoms with Crippen LogP contribution in [0.25, 0.3) is 10.9 Å². The number of nitrogens with zero attached hydrogens (tertiary/aromatic N) is 1. The number of piperidine rings is 1. The van der Waals surface area contributed by atoms with Crippen LogP contribution in [-0.2, 0) is 11.2 Å². The maximum atomic E-state index is 12.0. The van der Waals surface area contributed by atoms with Crippen LogP contribution in [0.3, 0.4) is 0 Å². The topological polar surface area (TPSA) is 48.1 Å². The Balaban J connectivity index is 1.26. The molecule has 3 aromatic rings. The van der Waals surface area contributed by atoms with Gasteiger partial charge in [0.2, 0.25) is 5.91 Å². The molecule has 1 aliphatic rings. The van der Waals surface area contributed by atoms with Gasteiger partial charge in [0.05, 0.1) is 0 Å². The van der Waals surface area contributed by atoms with Crippen LogP contribution in [0.2, 0.25) is 0 Å². The number of aryl methyl sites for hydroxylation is 2. The molecule has 1 saturated heterocycles. The molecule has 0 atom stereocenters. The van der Waals surface area contributed by atoms with Crippen molar-refractivity contribution in [3.8, 4) is 0 Å². The molecule has 0 radical (unpaired) electrons. The largest absolute Gasteiger partial charge is 0.361 e. The predicted octanol–water partition coefficient (Wildman–Crippen LogP) is 5.88. The van der Waals surface area contributed by atoms with E-state index in [4.69, 9.17) is 0 Å². The van der Waals surface area contributed by atoms with Crippen LogP contribution < -0.4 is 5.32 Å². The second-order valence-corrected chi connectivity index (χ2v) is 9.30. The summed E-state index contributed by atoms with van der Waals surface area (Å²) in [5, 5.41) is 4.41. The highest BCUT2D eigenvalue weighted by Gasteiger charge is 2.21. The van der Waals surface area contributed by atoms with Crippen molar-refractivity contribution in [3.63, 3.8) is 0 Å². The summed E-state index contributed by atoms with van der Waals surface area (Å²) in [4.78, 5) is 18.1. The number of nitrogens with one attached hydrogen (secondary N) is 2. The monoisotopic (exact) mass is 417 g/mol. The number of carbonyl (C=O) groups excluding carboxylic acids is 1. The van der Waals surface area contributed by atoms with Crippen LogP contribution in [0, 0.1) is 12.8 Å². The fourth-order valence-corrected chi connectivity index (χ4v) is 4.71. The van der Waals surface area contributed by atoms with E-state index in [1.807, 2.05) is 19.9 Å². The summed E-state index contributed by atoms with van der Waals surface area (Å²) >= 11 is 0. The van der Waals surface area contributed by atoms with Gasteiger partial charge in [0.1, 0.15) is 0 Å². The van der Waals surface area contributed by atoms with Gasteiger partial charge in [0.15, 0.2) is 0 Å². The van der Waals surface area contributed by atoms with E-state index < -0.39 is 0 Å². The average molecular weight is 418 g/mol. The van der Waals surface area contributed by atoms with Gasteiger partial charge in [-0.1, -0.05) is 44.2 Å². The molecule has 1 fully saturated rings. The second-order valence-electron chi connectivity index (χ2n) is 9.30. The fraction of sp³-hybridized carbons (Fsp3) is 0.444. The maximum Gasteiger partial charge on any atom is 0.226 e. The van der Waals surface area contributed by atoms with Gasteiger partial charge in [-0.25, -0.2) is 0 Å². The van der Waals surface area contributed by atoms with Gasteiger partial charge in [0.25, 0.3) is 0 Å². The summed E-state index contributed by atoms with van der Waals surface area (Å²) in [6.45, 7) is 9.49. The third-order valence-corrected chi connectivity index (χ3v) is 6.67. The molecular formula is C27H35N3O. The Kier molecular flexibility index (Phi) is 6.77. The lowest BCUT2D eigenvalue weighted by molar-refractivity contribution is -0.118. The molecule has 2 aromatic carbocycles. The Morgan fingerprint density at radius 3 is 2.71 bits per heavy atom. The molecule has 4 rings (SSSR count). The van der Waals surface area contributed by atoms with Crippen molar-refractivity contribution >= 4 is 22.5 Å². The van der Waals surface area contributed by atoms with Crippen molar-refractivity contribution in [2.24, 2.45) is 5.92 Å². The number of carbonyl (C=O) groups is 1. The minimum absolute atomic E-state index is 0.000162. The van der Waals surface area contributed by atoms with Crippen molar-refractivity contribution in [1.82, 2.24) is 9.88 Å². The smallest absolute Gasteiger partial charge is 0.226 e. The molecule has 164 valence electrons. The van der Waals surface area contributed by atoms with E-state index in [2.05, 4.69) is 64.7 Å². The molecule has 4 nitrogen and oxygen atoms in total. The summed E-state index contributed by atoms with van der Waals surface area (Å²) in [5.41, 5.74) is 6.32. The lowest BCUT2D eigenvalue weighted by Gasteiger charge is -2.32. The molecule has 1 aliphatic heterocycles. The first-order valence-corrected chi connectivity index (χ1v) is 11.7. The number of aromatic amines is 1. The molecule has 0 bridgehead atoms. The van der Waals surface area contributed by atoms with Crippen molar-refractivity contribution < 1.29 is 4.79 Å². The number of rotatable bonds is 7. The van der Waals surface area contributed by atoms with Gasteiger partial charge in [-0.2, -0.15) is 0 Å². The SMILES string of the molecule is Cc1cccc2c(CCCN3CCC(c4cccc(NC(=O)C(C)C)c4)CC3)c[nH]c12. The highest BCUT2D eigenvalue weighted by molar-refractivity contribution is 5.92. The summed E-state index contributed by atoms with van der Waals surface area (Å²) in [6.07, 6.45) is 6.89. The Morgan fingerprint density at radius 2 is 1.94 bits per heavy atom. The Labute approximate surface area is 186 Å². The van der Waals surface area contributed by atoms with E-state index in [1.54, 1.807) is 0 Å². The van der Waals surface area contributed by atoms with Crippen LogP contribution in [-0.4, -0.2) is 35.4 Å². The maximum absolute atomic E-state index is 12.0. The number of hydrogen-bond acceptors (Lipinski definition) is 2. The minimum Gasteiger partial charge on any atom is -0.361 e. The highest BCUT2D eigenvalue weighted by Crippen LogP contribution is 2.30. The molecule has 1 aromatic heterocycles. The van der Waals surface area contributed by atoms with Gasteiger partial charge in [-0.05, 0) is 87.0 Å². The average Bonchev–Trinajstić information content (AvgIpc) is 3.19. The third kappa shape index (κ3) is 5.19. The van der Waals surface area contributed by atoms with E-state index in [-0.39, 0.29) is 11.8 Å². The van der Waals surface area contributed by atoms with Crippen molar-refractivity contribution in [1.29, 1.82) is 0 Å². The highest BCUT2D eigenvalue weighted by atomic mass is 16.1. The van der Waals surface area contributed by atoms with Crippen LogP contribution in [0.4, 0.5) is 5.69 Å². The Hall–Kier alpha value is -2.59. The van der Waals surface area contributed by atoms with Crippen molar-refractivity contribution in [2.75, 3.05) is 25.0 Å². The van der Waals surface area contributed by atoms with Crippen LogP contribution in [0.5, 0.6) is 0 Å². The van der Waals surface area contributed by atoms with E-state index in [0.717, 1.165) is 31.7 Å². The number of likely N-dealkylation sites (tertiary alicyclic amines) is 1. The molecule has 31 heavy (non-hydrogen) atoms. The molecule has 0 unspecified atom stereocenters. The number of aromatic nitrogens is 1. The quantitative estimate of drug-likeness (QED) is 0.504. The number of benzene rings is 2. The summed E-state index contributed by atoms with van der Waals surface area (Å²) in [7, 11) is 0. The molecule has 1 amide bonds. The second kappa shape index (κ2) is 9.69. The van der Waals surface area contributed by atoms with Gasteiger partial charge < -0.3 is 15.2 Å². The van der Waals surface area contributed by atoms with E-state index >= 15 is 0 Å². The van der Waals surface area contributed by atoms with Gasteiger partial charge in [-0.3, -0.25) is 4.79 Å². The zero-order valence-corrected chi connectivity index (χ0v) is 19.1. The Bertz CT molecular complexity index is 1030. The lowest BCUT2D eigenvalue weighted by Crippen LogP contribution is -2.33. The van der Waals surface area contributed by atoms with Crippen LogP contribution >= 0.6 is 0 Å². The zero-order valence-electron chi connectivity index (χ0n) is 19.1. The molecule has 0 saturated carbocycles. The number of anilines is 1.